The van der Waals surface area contributed by atoms with E-state index < -0.39 is 5.82 Å². The fraction of sp³-hybridized carbons (Fsp3) is 0.357. The van der Waals surface area contributed by atoms with Crippen molar-refractivity contribution in [3.05, 3.63) is 39.1 Å². The maximum Gasteiger partial charge on any atom is 0.263 e. The zero-order valence-corrected chi connectivity index (χ0v) is 13.3. The van der Waals surface area contributed by atoms with E-state index in [0.29, 0.717) is 22.6 Å². The Kier molecular flexibility index (Phi) is 3.57. The van der Waals surface area contributed by atoms with E-state index in [9.17, 15) is 9.18 Å². The van der Waals surface area contributed by atoms with Gasteiger partial charge in [-0.15, -0.1) is 5.10 Å². The number of hydrogen-bond donors (Lipinski definition) is 1. The van der Waals surface area contributed by atoms with Crippen molar-refractivity contribution in [3.63, 3.8) is 0 Å². The van der Waals surface area contributed by atoms with Crippen LogP contribution in [-0.4, -0.2) is 44.7 Å². The molecule has 0 amide bonds. The molecule has 0 spiro atoms. The Morgan fingerprint density at radius 1 is 1.45 bits per heavy atom. The molecule has 2 aromatic heterocycles. The number of nitrogens with one attached hydrogen (secondary N) is 1. The minimum absolute atomic E-state index is 0.136. The Labute approximate surface area is 130 Å². The first kappa shape index (κ1) is 14.9. The van der Waals surface area contributed by atoms with Crippen LogP contribution in [0.2, 0.25) is 0 Å². The van der Waals surface area contributed by atoms with Crippen molar-refractivity contribution in [2.24, 2.45) is 0 Å². The number of fused-ring (bicyclic) bond motifs is 3. The number of rotatable bonds is 3. The molecule has 0 bridgehead atoms. The number of H-pyrrole nitrogens is 1. The van der Waals surface area contributed by atoms with Crippen molar-refractivity contribution in [2.75, 3.05) is 20.6 Å². The van der Waals surface area contributed by atoms with Crippen LogP contribution in [0.15, 0.2) is 23.0 Å². The van der Waals surface area contributed by atoms with Gasteiger partial charge in [-0.05, 0) is 51.4 Å². The average molecular weight is 321 g/mol. The van der Waals surface area contributed by atoms with Crippen molar-refractivity contribution in [1.82, 2.24) is 24.1 Å². The Morgan fingerprint density at radius 2 is 2.18 bits per heavy atom. The first-order valence-corrected chi connectivity index (χ1v) is 7.26. The smallest absolute Gasteiger partial charge is 0.263 e. The summed E-state index contributed by atoms with van der Waals surface area (Å²) in [6.07, 6.45) is 0. The number of aromatic nitrogens is 4. The summed E-state index contributed by atoms with van der Waals surface area (Å²) in [6, 6.07) is 3.96. The molecule has 3 aromatic rings. The molecule has 0 fully saturated rings. The van der Waals surface area contributed by atoms with E-state index in [4.69, 9.17) is 12.2 Å². The minimum atomic E-state index is -0.453. The van der Waals surface area contributed by atoms with Gasteiger partial charge in [0.1, 0.15) is 5.82 Å². The van der Waals surface area contributed by atoms with Crippen molar-refractivity contribution in [2.45, 2.75) is 13.0 Å². The van der Waals surface area contributed by atoms with Gasteiger partial charge in [0.05, 0.1) is 16.9 Å². The minimum Gasteiger partial charge on any atom is -0.307 e. The quantitative estimate of drug-likeness (QED) is 0.749. The van der Waals surface area contributed by atoms with E-state index in [0.717, 1.165) is 0 Å². The number of halogens is 1. The molecule has 0 aliphatic carbocycles. The Balaban J connectivity index is 2.46. The maximum absolute atomic E-state index is 13.6. The third kappa shape index (κ3) is 2.24. The molecule has 0 aliphatic rings. The van der Waals surface area contributed by atoms with Crippen LogP contribution in [0.5, 0.6) is 0 Å². The molecular weight excluding hydrogens is 305 g/mol. The lowest BCUT2D eigenvalue weighted by Gasteiger charge is -2.20. The summed E-state index contributed by atoms with van der Waals surface area (Å²) in [5, 5.41) is 7.17. The molecule has 22 heavy (non-hydrogen) atoms. The lowest BCUT2D eigenvalue weighted by atomic mass is 10.2. The average Bonchev–Trinajstić information content (AvgIpc) is 2.80. The van der Waals surface area contributed by atoms with Gasteiger partial charge in [-0.1, -0.05) is 0 Å². The van der Waals surface area contributed by atoms with E-state index >= 15 is 0 Å². The van der Waals surface area contributed by atoms with E-state index in [1.54, 1.807) is 15.0 Å². The van der Waals surface area contributed by atoms with Crippen LogP contribution < -0.4 is 5.56 Å². The molecular formula is C14H16FN5OS. The number of benzene rings is 1. The Hall–Kier alpha value is -2.06. The number of aromatic amines is 1. The zero-order chi connectivity index (χ0) is 16.0. The van der Waals surface area contributed by atoms with Gasteiger partial charge in [0, 0.05) is 6.54 Å². The molecule has 1 unspecified atom stereocenters. The highest BCUT2D eigenvalue weighted by molar-refractivity contribution is 7.71. The normalized spacial score (nSPS) is 13.3. The number of nitrogens with zero attached hydrogens (tertiary/aromatic N) is 4. The van der Waals surface area contributed by atoms with Crippen LogP contribution in [-0.2, 0) is 0 Å². The summed E-state index contributed by atoms with van der Waals surface area (Å²) in [5.74, 6) is -0.0192. The highest BCUT2D eigenvalue weighted by Gasteiger charge is 2.18. The molecule has 1 atom stereocenters. The molecule has 1 aromatic carbocycles. The molecule has 3 rings (SSSR count). The van der Waals surface area contributed by atoms with Crippen LogP contribution in [0.4, 0.5) is 4.39 Å². The molecule has 0 aliphatic heterocycles. The highest BCUT2D eigenvalue weighted by Crippen LogP contribution is 2.17. The van der Waals surface area contributed by atoms with Crippen LogP contribution >= 0.6 is 12.2 Å². The molecule has 8 heteroatoms. The Morgan fingerprint density at radius 3 is 2.86 bits per heavy atom. The standard InChI is InChI=1S/C14H16FN5OS/c1-8(7-18(2)3)19-12(21)10-6-9(15)4-5-11(10)20-13(19)16-17-14(20)22/h4-6,8H,7H2,1-3H3,(H,17,22). The molecule has 0 saturated carbocycles. The summed E-state index contributed by atoms with van der Waals surface area (Å²) >= 11 is 5.25. The molecule has 0 saturated heterocycles. The lowest BCUT2D eigenvalue weighted by molar-refractivity contribution is 0.336. The lowest BCUT2D eigenvalue weighted by Crippen LogP contribution is -2.32. The zero-order valence-electron chi connectivity index (χ0n) is 12.5. The number of likely N-dealkylation sites (N-methyl/N-ethyl adjacent to an activating group) is 1. The van der Waals surface area contributed by atoms with Crippen molar-refractivity contribution in [3.8, 4) is 0 Å². The Bertz CT molecular complexity index is 971. The summed E-state index contributed by atoms with van der Waals surface area (Å²) in [6.45, 7) is 2.57. The van der Waals surface area contributed by atoms with E-state index in [1.807, 2.05) is 25.9 Å². The predicted molar refractivity (Wildman–Crippen MR) is 85.4 cm³/mol. The second-order valence-corrected chi connectivity index (χ2v) is 6.00. The highest BCUT2D eigenvalue weighted by atomic mass is 32.1. The molecule has 0 radical (unpaired) electrons. The van der Waals surface area contributed by atoms with Crippen molar-refractivity contribution in [1.29, 1.82) is 0 Å². The van der Waals surface area contributed by atoms with Crippen LogP contribution in [0.25, 0.3) is 16.7 Å². The van der Waals surface area contributed by atoms with Gasteiger partial charge in [0.25, 0.3) is 5.56 Å². The van der Waals surface area contributed by atoms with Gasteiger partial charge < -0.3 is 4.90 Å². The second kappa shape index (κ2) is 5.29. The maximum atomic E-state index is 13.6. The fourth-order valence-electron chi connectivity index (χ4n) is 2.77. The van der Waals surface area contributed by atoms with Crippen LogP contribution in [0.3, 0.4) is 0 Å². The van der Waals surface area contributed by atoms with Crippen LogP contribution in [0.1, 0.15) is 13.0 Å². The molecule has 2 heterocycles. The van der Waals surface area contributed by atoms with Gasteiger partial charge in [0.2, 0.25) is 10.5 Å². The third-order valence-electron chi connectivity index (χ3n) is 3.59. The van der Waals surface area contributed by atoms with E-state index in [1.165, 1.54) is 12.1 Å². The molecule has 6 nitrogen and oxygen atoms in total. The van der Waals surface area contributed by atoms with Crippen LogP contribution in [0, 0.1) is 10.6 Å². The monoisotopic (exact) mass is 321 g/mol. The second-order valence-electron chi connectivity index (χ2n) is 5.61. The molecule has 116 valence electrons. The van der Waals surface area contributed by atoms with E-state index in [2.05, 4.69) is 10.2 Å². The van der Waals surface area contributed by atoms with Crippen molar-refractivity contribution >= 4 is 28.9 Å². The molecule has 1 N–H and O–H groups in total. The summed E-state index contributed by atoms with van der Waals surface area (Å²) in [7, 11) is 3.85. The van der Waals surface area contributed by atoms with Gasteiger partial charge in [-0.25, -0.2) is 9.49 Å². The summed E-state index contributed by atoms with van der Waals surface area (Å²) in [4.78, 5) is 14.8. The largest absolute Gasteiger partial charge is 0.307 e. The fourth-order valence-corrected chi connectivity index (χ4v) is 3.00. The first-order valence-electron chi connectivity index (χ1n) is 6.85. The van der Waals surface area contributed by atoms with Gasteiger partial charge in [-0.3, -0.25) is 13.8 Å². The summed E-state index contributed by atoms with van der Waals surface area (Å²) in [5.41, 5.74) is 0.277. The van der Waals surface area contributed by atoms with Gasteiger partial charge >= 0.3 is 0 Å². The first-order chi connectivity index (χ1) is 10.4. The topological polar surface area (TPSA) is 58.3 Å². The van der Waals surface area contributed by atoms with E-state index in [-0.39, 0.29) is 17.0 Å². The van der Waals surface area contributed by atoms with Crippen molar-refractivity contribution < 1.29 is 4.39 Å². The number of hydrogen-bond acceptors (Lipinski definition) is 4. The third-order valence-corrected chi connectivity index (χ3v) is 3.86. The predicted octanol–water partition coefficient (Wildman–Crippen LogP) is 1.97. The summed E-state index contributed by atoms with van der Waals surface area (Å²) < 4.78 is 17.2. The SMILES string of the molecule is CC(CN(C)C)n1c(=O)c2cc(F)ccc2n2c(=S)[nH]nc12. The van der Waals surface area contributed by atoms with Gasteiger partial charge in [0.15, 0.2) is 0 Å². The van der Waals surface area contributed by atoms with Gasteiger partial charge in [-0.2, -0.15) is 0 Å².